The van der Waals surface area contributed by atoms with Gasteiger partial charge in [0.05, 0.1) is 17.1 Å². The number of ether oxygens (including phenoxy) is 2. The van der Waals surface area contributed by atoms with Gasteiger partial charge in [0.2, 0.25) is 10.0 Å². The highest BCUT2D eigenvalue weighted by molar-refractivity contribution is 9.10. The number of sulfonamides is 1. The smallest absolute Gasteiger partial charge is 0.341 e. The Morgan fingerprint density at radius 1 is 1.42 bits per heavy atom. The van der Waals surface area contributed by atoms with Crippen LogP contribution in [-0.4, -0.2) is 34.7 Å². The molecule has 0 bridgehead atoms. The standard InChI is InChI=1S/C10H11BrFNO5S/c1-17-2-3-18-10(14)6-4-9(19(13,15)16)7(11)5-8(6)12/h4-5H,2-3H2,1H3,(H2,13,15,16). The van der Waals surface area contributed by atoms with Crippen molar-refractivity contribution in [1.82, 2.24) is 0 Å². The molecule has 0 saturated carbocycles. The van der Waals surface area contributed by atoms with Crippen LogP contribution in [0.1, 0.15) is 10.4 Å². The van der Waals surface area contributed by atoms with Gasteiger partial charge in [0.1, 0.15) is 12.4 Å². The number of carbonyl (C=O) groups is 1. The van der Waals surface area contributed by atoms with Crippen molar-refractivity contribution in [2.24, 2.45) is 5.14 Å². The molecule has 19 heavy (non-hydrogen) atoms. The normalized spacial score (nSPS) is 11.4. The molecule has 0 aliphatic carbocycles. The molecule has 6 nitrogen and oxygen atoms in total. The van der Waals surface area contributed by atoms with Crippen LogP contribution < -0.4 is 5.14 Å². The molecule has 0 fully saturated rings. The van der Waals surface area contributed by atoms with Gasteiger partial charge in [-0.3, -0.25) is 0 Å². The zero-order valence-corrected chi connectivity index (χ0v) is 12.3. The third kappa shape index (κ3) is 4.23. The van der Waals surface area contributed by atoms with Crippen molar-refractivity contribution in [2.75, 3.05) is 20.3 Å². The molecule has 0 radical (unpaired) electrons. The van der Waals surface area contributed by atoms with Gasteiger partial charge in [-0.2, -0.15) is 0 Å². The van der Waals surface area contributed by atoms with Crippen molar-refractivity contribution < 1.29 is 27.1 Å². The number of methoxy groups -OCH3 is 1. The Hall–Kier alpha value is -1.03. The zero-order valence-electron chi connectivity index (χ0n) is 9.85. The summed E-state index contributed by atoms with van der Waals surface area (Å²) in [6.45, 7) is 0.0709. The number of primary sulfonamides is 1. The minimum absolute atomic E-state index is 0.0686. The summed E-state index contributed by atoms with van der Waals surface area (Å²) in [5.74, 6) is -1.91. The summed E-state index contributed by atoms with van der Waals surface area (Å²) in [7, 11) is -2.67. The number of benzene rings is 1. The highest BCUT2D eigenvalue weighted by atomic mass is 79.9. The first-order chi connectivity index (χ1) is 8.77. The van der Waals surface area contributed by atoms with E-state index in [-0.39, 0.29) is 17.7 Å². The maximum atomic E-state index is 13.6. The Morgan fingerprint density at radius 3 is 2.58 bits per heavy atom. The van der Waals surface area contributed by atoms with E-state index in [9.17, 15) is 17.6 Å². The SMILES string of the molecule is COCCOC(=O)c1cc(S(N)(=O)=O)c(Br)cc1F. The lowest BCUT2D eigenvalue weighted by atomic mass is 10.2. The highest BCUT2D eigenvalue weighted by Crippen LogP contribution is 2.25. The first-order valence-corrected chi connectivity index (χ1v) is 7.29. The minimum atomic E-state index is -4.08. The van der Waals surface area contributed by atoms with Gasteiger partial charge in [0, 0.05) is 11.6 Å². The summed E-state index contributed by atoms with van der Waals surface area (Å²) in [6, 6.07) is 1.66. The number of nitrogens with two attached hydrogens (primary N) is 1. The topological polar surface area (TPSA) is 95.7 Å². The summed E-state index contributed by atoms with van der Waals surface area (Å²) < 4.78 is 45.4. The number of hydrogen-bond donors (Lipinski definition) is 1. The molecule has 0 amide bonds. The van der Waals surface area contributed by atoms with Gasteiger partial charge >= 0.3 is 5.97 Å². The van der Waals surface area contributed by atoms with E-state index in [0.29, 0.717) is 0 Å². The van der Waals surface area contributed by atoms with Crippen molar-refractivity contribution in [2.45, 2.75) is 4.90 Å². The highest BCUT2D eigenvalue weighted by Gasteiger charge is 2.21. The van der Waals surface area contributed by atoms with Crippen molar-refractivity contribution >= 4 is 31.9 Å². The van der Waals surface area contributed by atoms with Crippen LogP contribution in [0.4, 0.5) is 4.39 Å². The average Bonchev–Trinajstić information content (AvgIpc) is 2.27. The van der Waals surface area contributed by atoms with Crippen LogP contribution in [0.2, 0.25) is 0 Å². The van der Waals surface area contributed by atoms with Crippen LogP contribution in [0.5, 0.6) is 0 Å². The zero-order chi connectivity index (χ0) is 14.6. The van der Waals surface area contributed by atoms with Gasteiger partial charge in [-0.15, -0.1) is 0 Å². The summed E-state index contributed by atoms with van der Waals surface area (Å²) >= 11 is 2.86. The Labute approximate surface area is 117 Å². The van der Waals surface area contributed by atoms with Crippen LogP contribution in [0.15, 0.2) is 21.5 Å². The number of carbonyl (C=O) groups excluding carboxylic acids is 1. The van der Waals surface area contributed by atoms with Crippen LogP contribution in [0.3, 0.4) is 0 Å². The van der Waals surface area contributed by atoms with Crippen LogP contribution in [-0.2, 0) is 19.5 Å². The van der Waals surface area contributed by atoms with Crippen LogP contribution in [0, 0.1) is 5.82 Å². The molecule has 0 saturated heterocycles. The molecule has 1 rings (SSSR count). The van der Waals surface area contributed by atoms with E-state index in [4.69, 9.17) is 9.88 Å². The fourth-order valence-electron chi connectivity index (χ4n) is 1.20. The van der Waals surface area contributed by atoms with Crippen molar-refractivity contribution in [3.05, 3.63) is 28.0 Å². The Morgan fingerprint density at radius 2 is 2.05 bits per heavy atom. The van der Waals surface area contributed by atoms with Crippen molar-refractivity contribution in [3.63, 3.8) is 0 Å². The van der Waals surface area contributed by atoms with Crippen LogP contribution in [0.25, 0.3) is 0 Å². The first kappa shape index (κ1) is 16.0. The minimum Gasteiger partial charge on any atom is -0.460 e. The second-order valence-electron chi connectivity index (χ2n) is 3.44. The summed E-state index contributed by atoms with van der Waals surface area (Å²) in [6.07, 6.45) is 0. The predicted octanol–water partition coefficient (Wildman–Crippen LogP) is 1.04. The summed E-state index contributed by atoms with van der Waals surface area (Å²) in [4.78, 5) is 11.2. The molecule has 0 aliphatic rings. The molecule has 0 spiro atoms. The van der Waals surface area contributed by atoms with Gasteiger partial charge in [0.25, 0.3) is 0 Å². The van der Waals surface area contributed by atoms with Crippen molar-refractivity contribution in [1.29, 1.82) is 0 Å². The molecular weight excluding hydrogens is 345 g/mol. The maximum Gasteiger partial charge on any atom is 0.341 e. The Balaban J connectivity index is 3.11. The second kappa shape index (κ2) is 6.42. The number of rotatable bonds is 5. The van der Waals surface area contributed by atoms with E-state index in [2.05, 4.69) is 20.7 Å². The third-order valence-electron chi connectivity index (χ3n) is 2.07. The molecule has 0 aromatic heterocycles. The van der Waals surface area contributed by atoms with Crippen molar-refractivity contribution in [3.8, 4) is 0 Å². The molecule has 2 N–H and O–H groups in total. The van der Waals surface area contributed by atoms with E-state index in [1.807, 2.05) is 0 Å². The summed E-state index contributed by atoms with van der Waals surface area (Å²) in [5.41, 5.74) is -0.511. The first-order valence-electron chi connectivity index (χ1n) is 4.95. The number of halogens is 2. The fraction of sp³-hybridized carbons (Fsp3) is 0.300. The second-order valence-corrected chi connectivity index (χ2v) is 5.82. The van der Waals surface area contributed by atoms with Gasteiger partial charge < -0.3 is 9.47 Å². The largest absolute Gasteiger partial charge is 0.460 e. The summed E-state index contributed by atoms with van der Waals surface area (Å²) in [5, 5.41) is 4.95. The van der Waals surface area contributed by atoms with Gasteiger partial charge in [-0.1, -0.05) is 0 Å². The molecule has 0 aliphatic heterocycles. The van der Waals surface area contributed by atoms with Gasteiger partial charge in [-0.05, 0) is 28.1 Å². The Bertz CT molecular complexity index is 590. The van der Waals surface area contributed by atoms with E-state index < -0.39 is 32.3 Å². The third-order valence-corrected chi connectivity index (χ3v) is 3.94. The van der Waals surface area contributed by atoms with E-state index in [0.717, 1.165) is 12.1 Å². The molecule has 9 heteroatoms. The van der Waals surface area contributed by atoms with E-state index >= 15 is 0 Å². The average molecular weight is 356 g/mol. The molecule has 1 aromatic carbocycles. The van der Waals surface area contributed by atoms with Gasteiger partial charge in [-0.25, -0.2) is 22.7 Å². The molecule has 1 aromatic rings. The molecule has 0 atom stereocenters. The molecule has 0 unspecified atom stereocenters. The van der Waals surface area contributed by atoms with Crippen LogP contribution >= 0.6 is 15.9 Å². The monoisotopic (exact) mass is 355 g/mol. The Kier molecular flexibility index (Phi) is 5.41. The quantitative estimate of drug-likeness (QED) is 0.628. The number of hydrogen-bond acceptors (Lipinski definition) is 5. The number of esters is 1. The van der Waals surface area contributed by atoms with Gasteiger partial charge in [0.15, 0.2) is 0 Å². The lowest BCUT2D eigenvalue weighted by Crippen LogP contribution is -2.16. The molecular formula is C10H11BrFNO5S. The lowest BCUT2D eigenvalue weighted by Gasteiger charge is -2.08. The molecule has 106 valence electrons. The lowest BCUT2D eigenvalue weighted by molar-refractivity contribution is 0.0383. The van der Waals surface area contributed by atoms with E-state index in [1.165, 1.54) is 7.11 Å². The van der Waals surface area contributed by atoms with E-state index in [1.54, 1.807) is 0 Å². The maximum absolute atomic E-state index is 13.6. The fourth-order valence-corrected chi connectivity index (χ4v) is 2.80. The predicted molar refractivity (Wildman–Crippen MR) is 67.6 cm³/mol. The molecule has 0 heterocycles.